The SMILES string of the molecule is CCCn1ccnc1C(NN)c1cc(F)cc(Br)c1. The molecule has 3 N–H and O–H groups in total. The molecule has 1 atom stereocenters. The number of imidazole rings is 1. The molecule has 6 heteroatoms. The average Bonchev–Trinajstić information content (AvgIpc) is 2.78. The summed E-state index contributed by atoms with van der Waals surface area (Å²) in [6.07, 6.45) is 4.62. The summed E-state index contributed by atoms with van der Waals surface area (Å²) in [6, 6.07) is 4.36. The van der Waals surface area contributed by atoms with E-state index in [0.717, 1.165) is 24.4 Å². The van der Waals surface area contributed by atoms with Gasteiger partial charge in [-0.05, 0) is 30.2 Å². The van der Waals surface area contributed by atoms with E-state index in [9.17, 15) is 4.39 Å². The molecule has 1 aromatic carbocycles. The van der Waals surface area contributed by atoms with Gasteiger partial charge in [0.15, 0.2) is 0 Å². The summed E-state index contributed by atoms with van der Waals surface area (Å²) in [5, 5.41) is 0. The van der Waals surface area contributed by atoms with Crippen molar-refractivity contribution in [2.75, 3.05) is 0 Å². The van der Waals surface area contributed by atoms with Crippen LogP contribution in [0.5, 0.6) is 0 Å². The Balaban J connectivity index is 2.40. The molecule has 102 valence electrons. The number of hydrazine groups is 1. The molecule has 1 unspecified atom stereocenters. The van der Waals surface area contributed by atoms with E-state index in [-0.39, 0.29) is 11.9 Å². The second-order valence-corrected chi connectivity index (χ2v) is 5.20. The maximum atomic E-state index is 13.5. The molecular formula is C13H16BrFN4. The summed E-state index contributed by atoms with van der Waals surface area (Å²) in [5.74, 6) is 6.09. The van der Waals surface area contributed by atoms with Crippen molar-refractivity contribution < 1.29 is 4.39 Å². The number of nitrogens with one attached hydrogen (secondary N) is 1. The Morgan fingerprint density at radius 2 is 2.26 bits per heavy atom. The quantitative estimate of drug-likeness (QED) is 0.656. The van der Waals surface area contributed by atoms with Crippen LogP contribution in [0.2, 0.25) is 0 Å². The van der Waals surface area contributed by atoms with Crippen LogP contribution >= 0.6 is 15.9 Å². The number of hydrogen-bond acceptors (Lipinski definition) is 3. The molecule has 0 aliphatic heterocycles. The van der Waals surface area contributed by atoms with E-state index in [2.05, 4.69) is 33.3 Å². The fourth-order valence-corrected chi connectivity index (χ4v) is 2.56. The fraction of sp³-hybridized carbons (Fsp3) is 0.308. The highest BCUT2D eigenvalue weighted by Gasteiger charge is 2.18. The minimum absolute atomic E-state index is 0.307. The van der Waals surface area contributed by atoms with Gasteiger partial charge in [-0.2, -0.15) is 0 Å². The van der Waals surface area contributed by atoms with Gasteiger partial charge in [0, 0.05) is 23.4 Å². The van der Waals surface area contributed by atoms with Crippen molar-refractivity contribution in [1.29, 1.82) is 0 Å². The summed E-state index contributed by atoms with van der Waals surface area (Å²) in [6.45, 7) is 2.94. The number of nitrogens with two attached hydrogens (primary N) is 1. The van der Waals surface area contributed by atoms with E-state index in [0.29, 0.717) is 4.47 Å². The van der Waals surface area contributed by atoms with Gasteiger partial charge in [0.25, 0.3) is 0 Å². The van der Waals surface area contributed by atoms with Crippen LogP contribution in [-0.2, 0) is 6.54 Å². The summed E-state index contributed by atoms with van der Waals surface area (Å²) < 4.78 is 16.2. The van der Waals surface area contributed by atoms with Gasteiger partial charge in [0.1, 0.15) is 17.7 Å². The zero-order valence-electron chi connectivity index (χ0n) is 10.6. The normalized spacial score (nSPS) is 12.6. The number of aromatic nitrogens is 2. The first-order valence-electron chi connectivity index (χ1n) is 6.08. The smallest absolute Gasteiger partial charge is 0.131 e. The van der Waals surface area contributed by atoms with Crippen molar-refractivity contribution in [3.8, 4) is 0 Å². The van der Waals surface area contributed by atoms with Crippen LogP contribution in [0.1, 0.15) is 30.8 Å². The first-order chi connectivity index (χ1) is 9.15. The second kappa shape index (κ2) is 6.27. The maximum absolute atomic E-state index is 13.5. The van der Waals surface area contributed by atoms with E-state index in [4.69, 9.17) is 5.84 Å². The van der Waals surface area contributed by atoms with Gasteiger partial charge >= 0.3 is 0 Å². The molecule has 0 aliphatic carbocycles. The van der Waals surface area contributed by atoms with Crippen LogP contribution in [0, 0.1) is 5.82 Å². The Bertz CT molecular complexity index is 535. The fourth-order valence-electron chi connectivity index (χ4n) is 2.07. The van der Waals surface area contributed by atoms with E-state index >= 15 is 0 Å². The lowest BCUT2D eigenvalue weighted by molar-refractivity contribution is 0.540. The molecule has 0 saturated carbocycles. The van der Waals surface area contributed by atoms with Crippen molar-refractivity contribution in [2.24, 2.45) is 5.84 Å². The topological polar surface area (TPSA) is 55.9 Å². The van der Waals surface area contributed by atoms with Gasteiger partial charge in [-0.3, -0.25) is 5.84 Å². The van der Waals surface area contributed by atoms with E-state index in [1.54, 1.807) is 6.20 Å². The molecule has 0 amide bonds. The van der Waals surface area contributed by atoms with E-state index in [1.165, 1.54) is 12.1 Å². The standard InChI is InChI=1S/C13H16BrFN4/c1-2-4-19-5-3-17-13(19)12(18-16)9-6-10(14)8-11(15)7-9/h3,5-8,12,18H,2,4,16H2,1H3. The van der Waals surface area contributed by atoms with Gasteiger partial charge in [-0.25, -0.2) is 14.8 Å². The summed E-state index contributed by atoms with van der Waals surface area (Å²) in [5.41, 5.74) is 3.44. The van der Waals surface area contributed by atoms with Gasteiger partial charge in [0.05, 0.1) is 0 Å². The summed E-state index contributed by atoms with van der Waals surface area (Å²) in [7, 11) is 0. The minimum atomic E-state index is -0.339. The highest BCUT2D eigenvalue weighted by molar-refractivity contribution is 9.10. The third kappa shape index (κ3) is 3.20. The van der Waals surface area contributed by atoms with Crippen LogP contribution < -0.4 is 11.3 Å². The molecule has 0 fully saturated rings. The molecule has 0 aliphatic rings. The molecule has 0 saturated heterocycles. The number of aryl methyl sites for hydroxylation is 1. The highest BCUT2D eigenvalue weighted by atomic mass is 79.9. The molecule has 2 rings (SSSR count). The van der Waals surface area contributed by atoms with Crippen molar-refractivity contribution >= 4 is 15.9 Å². The van der Waals surface area contributed by atoms with E-state index in [1.807, 2.05) is 16.8 Å². The van der Waals surface area contributed by atoms with Crippen LogP contribution in [0.4, 0.5) is 4.39 Å². The zero-order chi connectivity index (χ0) is 13.8. The van der Waals surface area contributed by atoms with Crippen LogP contribution in [0.25, 0.3) is 0 Å². The number of benzene rings is 1. The first-order valence-corrected chi connectivity index (χ1v) is 6.88. The molecular weight excluding hydrogens is 311 g/mol. The largest absolute Gasteiger partial charge is 0.333 e. The van der Waals surface area contributed by atoms with Crippen LogP contribution in [0.15, 0.2) is 35.1 Å². The lowest BCUT2D eigenvalue weighted by atomic mass is 10.1. The Labute approximate surface area is 119 Å². The van der Waals surface area contributed by atoms with Gasteiger partial charge < -0.3 is 4.57 Å². The van der Waals surface area contributed by atoms with Crippen molar-refractivity contribution in [3.63, 3.8) is 0 Å². The number of halogens is 2. The van der Waals surface area contributed by atoms with Gasteiger partial charge in [-0.1, -0.05) is 22.9 Å². The molecule has 19 heavy (non-hydrogen) atoms. The Kier molecular flexibility index (Phi) is 4.68. The third-order valence-electron chi connectivity index (χ3n) is 2.86. The molecule has 0 bridgehead atoms. The summed E-state index contributed by atoms with van der Waals surface area (Å²) >= 11 is 3.29. The highest BCUT2D eigenvalue weighted by Crippen LogP contribution is 2.24. The predicted octanol–water partition coefficient (Wildman–Crippen LogP) is 2.75. The average molecular weight is 327 g/mol. The van der Waals surface area contributed by atoms with Crippen LogP contribution in [0.3, 0.4) is 0 Å². The molecule has 0 radical (unpaired) electrons. The lowest BCUT2D eigenvalue weighted by Gasteiger charge is -2.18. The molecule has 1 heterocycles. The van der Waals surface area contributed by atoms with Gasteiger partial charge in [0.2, 0.25) is 0 Å². The molecule has 1 aromatic heterocycles. The van der Waals surface area contributed by atoms with Crippen molar-refractivity contribution in [3.05, 3.63) is 52.3 Å². The predicted molar refractivity (Wildman–Crippen MR) is 75.8 cm³/mol. The van der Waals surface area contributed by atoms with Gasteiger partial charge in [-0.15, -0.1) is 0 Å². The van der Waals surface area contributed by atoms with Crippen molar-refractivity contribution in [2.45, 2.75) is 25.9 Å². The zero-order valence-corrected chi connectivity index (χ0v) is 12.2. The van der Waals surface area contributed by atoms with E-state index < -0.39 is 0 Å². The second-order valence-electron chi connectivity index (χ2n) is 4.28. The number of hydrogen-bond donors (Lipinski definition) is 2. The summed E-state index contributed by atoms with van der Waals surface area (Å²) in [4.78, 5) is 4.32. The maximum Gasteiger partial charge on any atom is 0.131 e. The van der Waals surface area contributed by atoms with Crippen molar-refractivity contribution in [1.82, 2.24) is 15.0 Å². The number of nitrogens with zero attached hydrogens (tertiary/aromatic N) is 2. The molecule has 4 nitrogen and oxygen atoms in total. The first kappa shape index (κ1) is 14.2. The molecule has 2 aromatic rings. The van der Waals surface area contributed by atoms with Crippen LogP contribution in [-0.4, -0.2) is 9.55 Å². The Morgan fingerprint density at radius 3 is 2.89 bits per heavy atom. The molecule has 0 spiro atoms. The number of rotatable bonds is 5. The third-order valence-corrected chi connectivity index (χ3v) is 3.31. The monoisotopic (exact) mass is 326 g/mol. The Hall–Kier alpha value is -1.24. The Morgan fingerprint density at radius 1 is 1.47 bits per heavy atom. The minimum Gasteiger partial charge on any atom is -0.333 e. The lowest BCUT2D eigenvalue weighted by Crippen LogP contribution is -2.31.